The molecule has 3 aromatic rings. The first-order valence-corrected chi connectivity index (χ1v) is 7.99. The largest absolute Gasteiger partial charge is 0.367 e. The molecule has 0 saturated heterocycles. The van der Waals surface area contributed by atoms with Crippen LogP contribution in [0.15, 0.2) is 55.9 Å². The summed E-state index contributed by atoms with van der Waals surface area (Å²) < 4.78 is 6.98. The summed E-state index contributed by atoms with van der Waals surface area (Å²) >= 11 is 12.9. The van der Waals surface area contributed by atoms with E-state index in [1.807, 2.05) is 36.4 Å². The number of hydrogen-bond acceptors (Lipinski definition) is 3. The number of halogens is 3. The highest BCUT2D eigenvalue weighted by Gasteiger charge is 2.19. The van der Waals surface area contributed by atoms with Crippen molar-refractivity contribution in [3.05, 3.63) is 56.4 Å². The van der Waals surface area contributed by atoms with Gasteiger partial charge in [-0.25, -0.2) is 0 Å². The molecule has 0 amide bonds. The van der Waals surface area contributed by atoms with E-state index in [1.54, 1.807) is 6.07 Å². The molecule has 21 heavy (non-hydrogen) atoms. The van der Waals surface area contributed by atoms with Crippen molar-refractivity contribution in [1.82, 2.24) is 5.16 Å². The van der Waals surface area contributed by atoms with Gasteiger partial charge in [-0.1, -0.05) is 66.8 Å². The van der Waals surface area contributed by atoms with Gasteiger partial charge in [-0.2, -0.15) is 0 Å². The normalized spacial score (nSPS) is 10.8. The van der Waals surface area contributed by atoms with Gasteiger partial charge in [0.1, 0.15) is 5.69 Å². The summed E-state index contributed by atoms with van der Waals surface area (Å²) in [5.74, 6) is 0.282. The van der Waals surface area contributed by atoms with Crippen LogP contribution in [-0.4, -0.2) is 5.16 Å². The highest BCUT2D eigenvalue weighted by atomic mass is 79.9. The highest BCUT2D eigenvalue weighted by Crippen LogP contribution is 2.40. The van der Waals surface area contributed by atoms with Gasteiger partial charge >= 0.3 is 0 Å². The summed E-state index contributed by atoms with van der Waals surface area (Å²) in [6, 6.07) is 13.3. The molecule has 1 aromatic heterocycles. The molecule has 106 valence electrons. The summed E-state index contributed by atoms with van der Waals surface area (Å²) in [6.07, 6.45) is 0. The molecule has 0 aliphatic rings. The SMILES string of the molecule is Nc1onc(-c2ccc(Cl)cc2Br)c1-c1cccc(Br)c1. The van der Waals surface area contributed by atoms with E-state index in [4.69, 9.17) is 21.9 Å². The Kier molecular flexibility index (Phi) is 4.06. The molecule has 0 fully saturated rings. The molecule has 0 bridgehead atoms. The predicted molar refractivity (Wildman–Crippen MR) is 92.2 cm³/mol. The lowest BCUT2D eigenvalue weighted by Crippen LogP contribution is -1.88. The molecule has 6 heteroatoms. The van der Waals surface area contributed by atoms with E-state index < -0.39 is 0 Å². The van der Waals surface area contributed by atoms with Gasteiger partial charge in [0, 0.05) is 19.5 Å². The van der Waals surface area contributed by atoms with E-state index in [1.165, 1.54) is 0 Å². The van der Waals surface area contributed by atoms with Crippen molar-refractivity contribution in [2.75, 3.05) is 5.73 Å². The van der Waals surface area contributed by atoms with Crippen LogP contribution in [0.25, 0.3) is 22.4 Å². The first-order valence-electron chi connectivity index (χ1n) is 6.03. The molecule has 0 radical (unpaired) electrons. The molecule has 0 unspecified atom stereocenters. The Bertz CT molecular complexity index is 817. The molecule has 0 aliphatic carbocycles. The van der Waals surface area contributed by atoms with Gasteiger partial charge < -0.3 is 10.3 Å². The van der Waals surface area contributed by atoms with Crippen molar-refractivity contribution in [3.8, 4) is 22.4 Å². The second-order valence-electron chi connectivity index (χ2n) is 4.40. The van der Waals surface area contributed by atoms with Crippen molar-refractivity contribution >= 4 is 49.3 Å². The van der Waals surface area contributed by atoms with Crippen molar-refractivity contribution in [3.63, 3.8) is 0 Å². The Morgan fingerprint density at radius 1 is 1.10 bits per heavy atom. The topological polar surface area (TPSA) is 52.0 Å². The molecule has 2 N–H and O–H groups in total. The maximum atomic E-state index is 5.98. The van der Waals surface area contributed by atoms with Gasteiger partial charge in [0.25, 0.3) is 0 Å². The number of anilines is 1. The molecule has 2 aromatic carbocycles. The molecular weight excluding hydrogens is 419 g/mol. The lowest BCUT2D eigenvalue weighted by Gasteiger charge is -2.06. The average Bonchev–Trinajstić information content (AvgIpc) is 2.80. The molecule has 0 saturated carbocycles. The first kappa shape index (κ1) is 14.6. The fourth-order valence-corrected chi connectivity index (χ4v) is 3.36. The molecule has 1 heterocycles. The fourth-order valence-electron chi connectivity index (χ4n) is 2.09. The second-order valence-corrected chi connectivity index (χ2v) is 6.61. The maximum absolute atomic E-state index is 5.98. The van der Waals surface area contributed by atoms with Gasteiger partial charge in [0.05, 0.1) is 5.56 Å². The zero-order chi connectivity index (χ0) is 15.0. The van der Waals surface area contributed by atoms with Crippen LogP contribution in [0.1, 0.15) is 0 Å². The Morgan fingerprint density at radius 2 is 1.90 bits per heavy atom. The molecule has 0 atom stereocenters. The third kappa shape index (κ3) is 2.86. The predicted octanol–water partition coefficient (Wildman–Crippen LogP) is 5.77. The number of benzene rings is 2. The number of nitrogens with zero attached hydrogens (tertiary/aromatic N) is 1. The lowest BCUT2D eigenvalue weighted by molar-refractivity contribution is 0.439. The maximum Gasteiger partial charge on any atom is 0.230 e. The average molecular weight is 429 g/mol. The van der Waals surface area contributed by atoms with E-state index in [-0.39, 0.29) is 5.88 Å². The summed E-state index contributed by atoms with van der Waals surface area (Å²) in [7, 11) is 0. The number of nitrogen functional groups attached to an aromatic ring is 1. The highest BCUT2D eigenvalue weighted by molar-refractivity contribution is 9.10. The van der Waals surface area contributed by atoms with Gasteiger partial charge in [-0.3, -0.25) is 0 Å². The minimum Gasteiger partial charge on any atom is -0.367 e. The Labute approximate surface area is 143 Å². The molecule has 3 nitrogen and oxygen atoms in total. The Morgan fingerprint density at radius 3 is 2.62 bits per heavy atom. The second kappa shape index (κ2) is 5.83. The molecule has 0 aliphatic heterocycles. The summed E-state index contributed by atoms with van der Waals surface area (Å²) in [5.41, 5.74) is 9.19. The number of hydrogen-bond donors (Lipinski definition) is 1. The Balaban J connectivity index is 2.22. The number of rotatable bonds is 2. The van der Waals surface area contributed by atoms with E-state index in [9.17, 15) is 0 Å². The van der Waals surface area contributed by atoms with E-state index in [0.29, 0.717) is 10.7 Å². The first-order chi connectivity index (χ1) is 10.1. The third-order valence-corrected chi connectivity index (χ3v) is 4.40. The van der Waals surface area contributed by atoms with Crippen LogP contribution < -0.4 is 5.73 Å². The van der Waals surface area contributed by atoms with Crippen molar-refractivity contribution in [2.24, 2.45) is 0 Å². The minimum absolute atomic E-state index is 0.282. The van der Waals surface area contributed by atoms with E-state index in [0.717, 1.165) is 25.6 Å². The fraction of sp³-hybridized carbons (Fsp3) is 0. The number of aromatic nitrogens is 1. The molecular formula is C15H9Br2ClN2O. The molecule has 0 spiro atoms. The van der Waals surface area contributed by atoms with Crippen LogP contribution in [0.5, 0.6) is 0 Å². The third-order valence-electron chi connectivity index (χ3n) is 3.02. The van der Waals surface area contributed by atoms with Crippen molar-refractivity contribution < 1.29 is 4.52 Å². The Hall–Kier alpha value is -1.30. The summed E-state index contributed by atoms with van der Waals surface area (Å²) in [5, 5.41) is 4.74. The van der Waals surface area contributed by atoms with Crippen molar-refractivity contribution in [1.29, 1.82) is 0 Å². The lowest BCUT2D eigenvalue weighted by atomic mass is 10.0. The zero-order valence-electron chi connectivity index (χ0n) is 10.6. The minimum atomic E-state index is 0.282. The quantitative estimate of drug-likeness (QED) is 0.564. The standard InChI is InChI=1S/C15H9Br2ClN2O/c16-9-3-1-2-8(6-9)13-14(20-21-15(13)19)11-5-4-10(18)7-12(11)17/h1-7H,19H2. The summed E-state index contributed by atoms with van der Waals surface area (Å²) in [6.45, 7) is 0. The summed E-state index contributed by atoms with van der Waals surface area (Å²) in [4.78, 5) is 0. The van der Waals surface area contributed by atoms with Crippen LogP contribution in [0.3, 0.4) is 0 Å². The van der Waals surface area contributed by atoms with Gasteiger partial charge in [-0.05, 0) is 29.8 Å². The van der Waals surface area contributed by atoms with Gasteiger partial charge in [0.15, 0.2) is 0 Å². The molecule has 3 rings (SSSR count). The van der Waals surface area contributed by atoms with Gasteiger partial charge in [-0.15, -0.1) is 0 Å². The van der Waals surface area contributed by atoms with Crippen LogP contribution >= 0.6 is 43.5 Å². The van der Waals surface area contributed by atoms with Crippen LogP contribution in [0.2, 0.25) is 5.02 Å². The zero-order valence-corrected chi connectivity index (χ0v) is 14.5. The van der Waals surface area contributed by atoms with E-state index in [2.05, 4.69) is 37.0 Å². The van der Waals surface area contributed by atoms with Crippen molar-refractivity contribution in [2.45, 2.75) is 0 Å². The van der Waals surface area contributed by atoms with Crippen LogP contribution in [0, 0.1) is 0 Å². The van der Waals surface area contributed by atoms with Crippen LogP contribution in [-0.2, 0) is 0 Å². The number of nitrogens with two attached hydrogens (primary N) is 1. The monoisotopic (exact) mass is 426 g/mol. The van der Waals surface area contributed by atoms with Gasteiger partial charge in [0.2, 0.25) is 5.88 Å². The van der Waals surface area contributed by atoms with Crippen LogP contribution in [0.4, 0.5) is 5.88 Å². The van der Waals surface area contributed by atoms with E-state index >= 15 is 0 Å². The smallest absolute Gasteiger partial charge is 0.230 e.